The van der Waals surface area contributed by atoms with Gasteiger partial charge in [-0.2, -0.15) is 0 Å². The topological polar surface area (TPSA) is 79.4 Å². The van der Waals surface area contributed by atoms with E-state index in [1.807, 2.05) is 58.9 Å². The molecule has 1 saturated carbocycles. The van der Waals surface area contributed by atoms with Gasteiger partial charge in [0.2, 0.25) is 17.7 Å². The van der Waals surface area contributed by atoms with Crippen LogP contribution in [0.4, 0.5) is 5.13 Å². The van der Waals surface area contributed by atoms with Crippen molar-refractivity contribution in [3.63, 3.8) is 0 Å². The molecule has 7 heteroatoms. The number of likely N-dealkylation sites (tertiary alicyclic amines) is 1. The number of piperidine rings is 1. The van der Waals surface area contributed by atoms with Crippen molar-refractivity contribution >= 4 is 34.2 Å². The first kappa shape index (κ1) is 21.7. The van der Waals surface area contributed by atoms with E-state index in [4.69, 9.17) is 0 Å². The van der Waals surface area contributed by atoms with Gasteiger partial charge in [-0.1, -0.05) is 50.6 Å². The number of hydrogen-bond acceptors (Lipinski definition) is 5. The number of carbonyl (C=O) groups is 3. The van der Waals surface area contributed by atoms with Gasteiger partial charge in [0.1, 0.15) is 0 Å². The maximum atomic E-state index is 13.1. The summed E-state index contributed by atoms with van der Waals surface area (Å²) in [4.78, 5) is 45.5. The molecule has 1 aliphatic carbocycles. The second-order valence-corrected chi connectivity index (χ2v) is 10.7. The van der Waals surface area contributed by atoms with E-state index in [9.17, 15) is 14.4 Å². The van der Waals surface area contributed by atoms with Crippen LogP contribution in [0.25, 0.3) is 11.3 Å². The number of imide groups is 1. The second-order valence-electron chi connectivity index (χ2n) is 9.53. The summed E-state index contributed by atoms with van der Waals surface area (Å²) >= 11 is 1.42. The van der Waals surface area contributed by atoms with Crippen LogP contribution in [0.15, 0.2) is 24.3 Å². The number of fused-ring (bicyclic) bond motifs is 2. The minimum absolute atomic E-state index is 0.0687. The number of nitrogens with one attached hydrogen (secondary N) is 1. The lowest BCUT2D eigenvalue weighted by Gasteiger charge is -2.47. The quantitative estimate of drug-likeness (QED) is 0.692. The highest BCUT2D eigenvalue weighted by Crippen LogP contribution is 2.60. The minimum atomic E-state index is -0.544. The van der Waals surface area contributed by atoms with E-state index >= 15 is 0 Å². The summed E-state index contributed by atoms with van der Waals surface area (Å²) in [6.07, 6.45) is 1.52. The number of carbonyl (C=O) groups excluding carboxylic acids is 3. The molecule has 2 aromatic rings. The molecule has 31 heavy (non-hydrogen) atoms. The van der Waals surface area contributed by atoms with E-state index in [1.54, 1.807) is 0 Å². The normalized spacial score (nSPS) is 24.5. The third kappa shape index (κ3) is 3.49. The Balaban J connectivity index is 1.41. The van der Waals surface area contributed by atoms with Crippen molar-refractivity contribution in [1.29, 1.82) is 0 Å². The minimum Gasteiger partial charge on any atom is -0.302 e. The summed E-state index contributed by atoms with van der Waals surface area (Å²) in [6, 6.07) is 8.11. The summed E-state index contributed by atoms with van der Waals surface area (Å²) in [7, 11) is 0. The van der Waals surface area contributed by atoms with Crippen LogP contribution >= 0.6 is 11.3 Å². The predicted molar refractivity (Wildman–Crippen MR) is 122 cm³/mol. The number of aromatic nitrogens is 1. The Morgan fingerprint density at radius 3 is 2.55 bits per heavy atom. The number of thiazole rings is 1. The zero-order chi connectivity index (χ0) is 22.6. The van der Waals surface area contributed by atoms with Gasteiger partial charge in [-0.25, -0.2) is 4.98 Å². The summed E-state index contributed by atoms with van der Waals surface area (Å²) in [6.45, 7) is 10.1. The first-order valence-corrected chi connectivity index (χ1v) is 11.6. The van der Waals surface area contributed by atoms with Gasteiger partial charge >= 0.3 is 0 Å². The Morgan fingerprint density at radius 2 is 1.87 bits per heavy atom. The van der Waals surface area contributed by atoms with Crippen LogP contribution in [0.2, 0.25) is 0 Å². The molecule has 4 rings (SSSR count). The van der Waals surface area contributed by atoms with Crippen LogP contribution in [0.5, 0.6) is 0 Å². The molecule has 2 atom stereocenters. The molecule has 0 spiro atoms. The highest BCUT2D eigenvalue weighted by atomic mass is 32.1. The number of anilines is 1. The maximum Gasteiger partial charge on any atom is 0.235 e. The molecule has 1 aromatic heterocycles. The molecule has 1 N–H and O–H groups in total. The number of hydrogen-bond donors (Lipinski definition) is 1. The SMILES string of the molecule is Cc1ccc(-c2nc(NC(=O)CCN3C(=O)C4CCC(C)(C3=O)C4(C)C)sc2C)cc1. The molecule has 2 aliphatic rings. The number of rotatable bonds is 5. The Bertz CT molecular complexity index is 1060. The smallest absolute Gasteiger partial charge is 0.235 e. The highest BCUT2D eigenvalue weighted by Gasteiger charge is 2.64. The molecule has 1 aliphatic heterocycles. The van der Waals surface area contributed by atoms with Crippen LogP contribution in [-0.4, -0.2) is 34.2 Å². The van der Waals surface area contributed by atoms with Crippen LogP contribution in [0.1, 0.15) is 50.5 Å². The highest BCUT2D eigenvalue weighted by molar-refractivity contribution is 7.16. The molecular weight excluding hydrogens is 410 g/mol. The van der Waals surface area contributed by atoms with Crippen molar-refractivity contribution in [2.45, 2.75) is 53.9 Å². The van der Waals surface area contributed by atoms with E-state index in [0.29, 0.717) is 5.13 Å². The molecule has 2 heterocycles. The van der Waals surface area contributed by atoms with Crippen molar-refractivity contribution in [2.75, 3.05) is 11.9 Å². The van der Waals surface area contributed by atoms with E-state index in [0.717, 1.165) is 29.0 Å². The number of aryl methyl sites for hydroxylation is 2. The molecule has 6 nitrogen and oxygen atoms in total. The molecule has 164 valence electrons. The Morgan fingerprint density at radius 1 is 1.19 bits per heavy atom. The molecule has 1 saturated heterocycles. The van der Waals surface area contributed by atoms with Gasteiger partial charge < -0.3 is 5.32 Å². The van der Waals surface area contributed by atoms with Gasteiger partial charge in [0.05, 0.1) is 11.1 Å². The second kappa shape index (κ2) is 7.55. The molecule has 1 aromatic carbocycles. The largest absolute Gasteiger partial charge is 0.302 e. The Kier molecular flexibility index (Phi) is 5.28. The molecule has 2 unspecified atom stereocenters. The molecule has 2 fully saturated rings. The van der Waals surface area contributed by atoms with Gasteiger partial charge in [0.25, 0.3) is 0 Å². The van der Waals surface area contributed by atoms with E-state index < -0.39 is 5.41 Å². The van der Waals surface area contributed by atoms with Crippen LogP contribution in [0, 0.1) is 30.6 Å². The number of nitrogens with zero attached hydrogens (tertiary/aromatic N) is 2. The summed E-state index contributed by atoms with van der Waals surface area (Å²) in [5, 5.41) is 3.37. The first-order valence-electron chi connectivity index (χ1n) is 10.7. The van der Waals surface area contributed by atoms with Crippen molar-refractivity contribution in [3.8, 4) is 11.3 Å². The summed E-state index contributed by atoms with van der Waals surface area (Å²) in [5.74, 6) is -0.676. The summed E-state index contributed by atoms with van der Waals surface area (Å²) < 4.78 is 0. The molecular formula is C24H29N3O3S. The molecule has 3 amide bonds. The molecule has 0 radical (unpaired) electrons. The van der Waals surface area contributed by atoms with Gasteiger partial charge in [-0.05, 0) is 32.1 Å². The average Bonchev–Trinajstić information content (AvgIpc) is 3.15. The summed E-state index contributed by atoms with van der Waals surface area (Å²) in [5.41, 5.74) is 2.16. The first-order chi connectivity index (χ1) is 14.5. The average molecular weight is 440 g/mol. The van der Waals surface area contributed by atoms with Crippen LogP contribution < -0.4 is 5.32 Å². The fourth-order valence-corrected chi connectivity index (χ4v) is 5.79. The van der Waals surface area contributed by atoms with Gasteiger partial charge in [-0.15, -0.1) is 11.3 Å². The third-order valence-corrected chi connectivity index (χ3v) is 8.32. The lowest BCUT2D eigenvalue weighted by atomic mass is 9.62. The lowest BCUT2D eigenvalue weighted by molar-refractivity contribution is -0.167. The fourth-order valence-electron chi connectivity index (χ4n) is 4.94. The predicted octanol–water partition coefficient (Wildman–Crippen LogP) is 4.57. The lowest BCUT2D eigenvalue weighted by Crippen LogP contribution is -2.59. The zero-order valence-corrected chi connectivity index (χ0v) is 19.6. The standard InChI is InChI=1S/C24H29N3O3S/c1-14-6-8-16(9-7-14)19-15(2)31-22(26-19)25-18(28)11-13-27-20(29)17-10-12-24(5,21(27)30)23(17,3)4/h6-9,17H,10-13H2,1-5H3,(H,25,26,28). The van der Waals surface area contributed by atoms with Gasteiger partial charge in [-0.3, -0.25) is 19.3 Å². The van der Waals surface area contributed by atoms with E-state index in [-0.39, 0.29) is 42.0 Å². The van der Waals surface area contributed by atoms with Crippen molar-refractivity contribution in [1.82, 2.24) is 9.88 Å². The van der Waals surface area contributed by atoms with Gasteiger partial charge in [0, 0.05) is 29.3 Å². The Hall–Kier alpha value is -2.54. The zero-order valence-electron chi connectivity index (χ0n) is 18.7. The Labute approximate surface area is 187 Å². The maximum absolute atomic E-state index is 13.1. The van der Waals surface area contributed by atoms with Gasteiger partial charge in [0.15, 0.2) is 5.13 Å². The van der Waals surface area contributed by atoms with Crippen LogP contribution in [0.3, 0.4) is 0 Å². The third-order valence-electron chi connectivity index (χ3n) is 7.44. The van der Waals surface area contributed by atoms with Crippen molar-refractivity contribution < 1.29 is 14.4 Å². The number of benzene rings is 1. The van der Waals surface area contributed by atoms with Crippen molar-refractivity contribution in [3.05, 3.63) is 34.7 Å². The van der Waals surface area contributed by atoms with Crippen molar-refractivity contribution in [2.24, 2.45) is 16.7 Å². The fraction of sp³-hybridized carbons (Fsp3) is 0.500. The molecule has 2 bridgehead atoms. The van der Waals surface area contributed by atoms with E-state index in [2.05, 4.69) is 10.3 Å². The monoisotopic (exact) mass is 439 g/mol. The number of amides is 3. The van der Waals surface area contributed by atoms with E-state index in [1.165, 1.54) is 21.8 Å². The van der Waals surface area contributed by atoms with Crippen LogP contribution in [-0.2, 0) is 14.4 Å².